The maximum atomic E-state index is 11.3. The van der Waals surface area contributed by atoms with Crippen LogP contribution in [0.2, 0.25) is 0 Å². The first-order valence-electron chi connectivity index (χ1n) is 6.56. The topological polar surface area (TPSA) is 36.4 Å². The summed E-state index contributed by atoms with van der Waals surface area (Å²) in [5.41, 5.74) is 1.63. The maximum absolute atomic E-state index is 11.3. The fourth-order valence-electron chi connectivity index (χ4n) is 2.48. The van der Waals surface area contributed by atoms with Crippen LogP contribution >= 0.6 is 0 Å². The van der Waals surface area contributed by atoms with Crippen LogP contribution in [-0.2, 0) is 0 Å². The molecule has 0 bridgehead atoms. The molecule has 1 aromatic carbocycles. The molecule has 2 aromatic rings. The highest BCUT2D eigenvalue weighted by molar-refractivity contribution is 5.91. The number of aldehydes is 1. The highest BCUT2D eigenvalue weighted by atomic mass is 16.1. The molecular weight excluding hydrogens is 238 g/mol. The van der Waals surface area contributed by atoms with Gasteiger partial charge in [-0.15, -0.1) is 0 Å². The summed E-state index contributed by atoms with van der Waals surface area (Å²) in [5, 5.41) is 1.02. The van der Waals surface area contributed by atoms with Crippen molar-refractivity contribution in [3.63, 3.8) is 0 Å². The summed E-state index contributed by atoms with van der Waals surface area (Å²) in [6.45, 7) is 3.85. The van der Waals surface area contributed by atoms with Gasteiger partial charge in [-0.25, -0.2) is 4.98 Å². The molecule has 0 atom stereocenters. The van der Waals surface area contributed by atoms with Crippen molar-refractivity contribution in [1.82, 2.24) is 9.88 Å². The molecule has 1 saturated heterocycles. The minimum Gasteiger partial charge on any atom is -0.353 e. The van der Waals surface area contributed by atoms with Crippen molar-refractivity contribution in [3.8, 4) is 0 Å². The van der Waals surface area contributed by atoms with E-state index in [1.807, 2.05) is 30.3 Å². The summed E-state index contributed by atoms with van der Waals surface area (Å²) in [4.78, 5) is 20.5. The van der Waals surface area contributed by atoms with Gasteiger partial charge in [0.05, 0.1) is 11.1 Å². The predicted octanol–water partition coefficient (Wildman–Crippen LogP) is 1.80. The van der Waals surface area contributed by atoms with Crippen molar-refractivity contribution in [3.05, 3.63) is 35.9 Å². The van der Waals surface area contributed by atoms with E-state index in [9.17, 15) is 4.79 Å². The first-order valence-corrected chi connectivity index (χ1v) is 6.56. The molecule has 3 rings (SSSR count). The van der Waals surface area contributed by atoms with Crippen molar-refractivity contribution < 1.29 is 4.79 Å². The fraction of sp³-hybridized carbons (Fsp3) is 0.333. The molecule has 0 radical (unpaired) electrons. The Morgan fingerprint density at radius 2 is 1.89 bits per heavy atom. The number of likely N-dealkylation sites (N-methyl/N-ethyl adjacent to an activating group) is 1. The number of hydrogen-bond acceptors (Lipinski definition) is 4. The van der Waals surface area contributed by atoms with Crippen LogP contribution in [0.1, 0.15) is 10.4 Å². The molecule has 1 aliphatic heterocycles. The van der Waals surface area contributed by atoms with Crippen LogP contribution in [0.5, 0.6) is 0 Å². The number of para-hydroxylation sites is 1. The van der Waals surface area contributed by atoms with E-state index in [1.54, 1.807) is 0 Å². The standard InChI is InChI=1S/C15H17N3O/c1-17-6-8-18(9-7-17)15-13(11-19)10-12-4-2-3-5-14(12)16-15/h2-5,10-11H,6-9H2,1H3. The van der Waals surface area contributed by atoms with Crippen LogP contribution < -0.4 is 4.90 Å². The van der Waals surface area contributed by atoms with Gasteiger partial charge in [0.2, 0.25) is 0 Å². The molecule has 1 fully saturated rings. The van der Waals surface area contributed by atoms with Crippen molar-refractivity contribution in [2.45, 2.75) is 0 Å². The summed E-state index contributed by atoms with van der Waals surface area (Å²) in [6.07, 6.45) is 0.910. The molecular formula is C15H17N3O. The highest BCUT2D eigenvalue weighted by Gasteiger charge is 2.18. The van der Waals surface area contributed by atoms with Gasteiger partial charge in [0.25, 0.3) is 0 Å². The Labute approximate surface area is 112 Å². The zero-order valence-corrected chi connectivity index (χ0v) is 11.0. The van der Waals surface area contributed by atoms with Gasteiger partial charge in [0.15, 0.2) is 6.29 Å². The highest BCUT2D eigenvalue weighted by Crippen LogP contribution is 2.23. The third-order valence-corrected chi connectivity index (χ3v) is 3.66. The lowest BCUT2D eigenvalue weighted by atomic mass is 10.1. The Kier molecular flexibility index (Phi) is 3.17. The largest absolute Gasteiger partial charge is 0.353 e. The van der Waals surface area contributed by atoms with Crippen molar-refractivity contribution in [1.29, 1.82) is 0 Å². The Hall–Kier alpha value is -1.94. The number of rotatable bonds is 2. The number of fused-ring (bicyclic) bond motifs is 1. The lowest BCUT2D eigenvalue weighted by Gasteiger charge is -2.33. The Morgan fingerprint density at radius 3 is 2.63 bits per heavy atom. The molecule has 98 valence electrons. The molecule has 1 aromatic heterocycles. The lowest BCUT2D eigenvalue weighted by Crippen LogP contribution is -2.45. The molecule has 0 spiro atoms. The first kappa shape index (κ1) is 12.1. The van der Waals surface area contributed by atoms with E-state index < -0.39 is 0 Å². The average Bonchev–Trinajstić information content (AvgIpc) is 2.46. The number of benzene rings is 1. The predicted molar refractivity (Wildman–Crippen MR) is 76.8 cm³/mol. The molecule has 4 nitrogen and oxygen atoms in total. The Balaban J connectivity index is 2.03. The van der Waals surface area contributed by atoms with Crippen LogP contribution in [0.25, 0.3) is 10.9 Å². The third-order valence-electron chi connectivity index (χ3n) is 3.66. The number of carbonyl (C=O) groups is 1. The van der Waals surface area contributed by atoms with Gasteiger partial charge in [0.1, 0.15) is 5.82 Å². The summed E-state index contributed by atoms with van der Waals surface area (Å²) in [7, 11) is 2.12. The van der Waals surface area contributed by atoms with E-state index >= 15 is 0 Å². The van der Waals surface area contributed by atoms with Gasteiger partial charge in [-0.2, -0.15) is 0 Å². The van der Waals surface area contributed by atoms with Crippen LogP contribution in [0.3, 0.4) is 0 Å². The molecule has 0 amide bonds. The second kappa shape index (κ2) is 4.97. The fourth-order valence-corrected chi connectivity index (χ4v) is 2.48. The van der Waals surface area contributed by atoms with Gasteiger partial charge in [0, 0.05) is 31.6 Å². The van der Waals surface area contributed by atoms with Gasteiger partial charge >= 0.3 is 0 Å². The number of carbonyl (C=O) groups excluding carboxylic acids is 1. The molecule has 0 saturated carbocycles. The lowest BCUT2D eigenvalue weighted by molar-refractivity contribution is 0.112. The molecule has 0 unspecified atom stereocenters. The van der Waals surface area contributed by atoms with E-state index in [0.717, 1.165) is 49.2 Å². The zero-order chi connectivity index (χ0) is 13.2. The number of piperazine rings is 1. The summed E-state index contributed by atoms with van der Waals surface area (Å²) < 4.78 is 0. The van der Waals surface area contributed by atoms with Crippen LogP contribution in [-0.4, -0.2) is 49.4 Å². The molecule has 2 heterocycles. The normalized spacial score (nSPS) is 16.8. The summed E-state index contributed by atoms with van der Waals surface area (Å²) in [5.74, 6) is 0.821. The number of aromatic nitrogens is 1. The monoisotopic (exact) mass is 255 g/mol. The molecule has 19 heavy (non-hydrogen) atoms. The summed E-state index contributed by atoms with van der Waals surface area (Å²) in [6, 6.07) is 9.85. The third kappa shape index (κ3) is 2.31. The smallest absolute Gasteiger partial charge is 0.153 e. The van der Waals surface area contributed by atoms with E-state index in [2.05, 4.69) is 21.8 Å². The average molecular weight is 255 g/mol. The van der Waals surface area contributed by atoms with E-state index in [0.29, 0.717) is 5.56 Å². The van der Waals surface area contributed by atoms with Gasteiger partial charge < -0.3 is 9.80 Å². The van der Waals surface area contributed by atoms with Crippen molar-refractivity contribution in [2.24, 2.45) is 0 Å². The number of anilines is 1. The van der Waals surface area contributed by atoms with Crippen molar-refractivity contribution in [2.75, 3.05) is 38.1 Å². The maximum Gasteiger partial charge on any atom is 0.153 e. The number of nitrogens with zero attached hydrogens (tertiary/aromatic N) is 3. The molecule has 0 N–H and O–H groups in total. The van der Waals surface area contributed by atoms with Crippen LogP contribution in [0, 0.1) is 0 Å². The van der Waals surface area contributed by atoms with Gasteiger partial charge in [-0.1, -0.05) is 18.2 Å². The molecule has 4 heteroatoms. The second-order valence-corrected chi connectivity index (χ2v) is 5.00. The molecule has 0 aliphatic carbocycles. The van der Waals surface area contributed by atoms with Gasteiger partial charge in [-0.05, 0) is 19.2 Å². The van der Waals surface area contributed by atoms with Crippen LogP contribution in [0.4, 0.5) is 5.82 Å². The van der Waals surface area contributed by atoms with E-state index in [1.165, 1.54) is 0 Å². The van der Waals surface area contributed by atoms with Crippen molar-refractivity contribution >= 4 is 23.0 Å². The van der Waals surface area contributed by atoms with Gasteiger partial charge in [-0.3, -0.25) is 4.79 Å². The second-order valence-electron chi connectivity index (χ2n) is 5.00. The van der Waals surface area contributed by atoms with E-state index in [-0.39, 0.29) is 0 Å². The van der Waals surface area contributed by atoms with Crippen LogP contribution in [0.15, 0.2) is 30.3 Å². The first-order chi connectivity index (χ1) is 9.28. The Morgan fingerprint density at radius 1 is 1.16 bits per heavy atom. The minimum absolute atomic E-state index is 0.684. The Bertz CT molecular complexity index is 603. The SMILES string of the molecule is CN1CCN(c2nc3ccccc3cc2C=O)CC1. The number of hydrogen-bond donors (Lipinski definition) is 0. The quantitative estimate of drug-likeness (QED) is 0.767. The zero-order valence-electron chi connectivity index (χ0n) is 11.0. The molecule has 1 aliphatic rings. The minimum atomic E-state index is 0.684. The number of pyridine rings is 1. The summed E-state index contributed by atoms with van der Waals surface area (Å²) >= 11 is 0. The van der Waals surface area contributed by atoms with E-state index in [4.69, 9.17) is 0 Å².